The summed E-state index contributed by atoms with van der Waals surface area (Å²) in [7, 11) is 0. The highest BCUT2D eigenvalue weighted by atomic mass is 32.1. The number of aliphatic imine (C=N–C) groups is 2. The second-order valence-electron chi connectivity index (χ2n) is 22.0. The van der Waals surface area contributed by atoms with Crippen molar-refractivity contribution in [3.05, 3.63) is 158 Å². The number of nitrogens with zero attached hydrogens (tertiary/aromatic N) is 4. The van der Waals surface area contributed by atoms with Crippen molar-refractivity contribution in [3.63, 3.8) is 0 Å². The molecule has 7 nitrogen and oxygen atoms in total. The summed E-state index contributed by atoms with van der Waals surface area (Å²) in [6, 6.07) is 34.5. The first-order valence-corrected chi connectivity index (χ1v) is 28.1. The van der Waals surface area contributed by atoms with E-state index in [2.05, 4.69) is 189 Å². The lowest BCUT2D eigenvalue weighted by Crippen LogP contribution is -2.06. The number of aromatic nitrogens is 3. The number of rotatable bonds is 6. The number of allylic oxidation sites excluding steroid dienone is 2. The average Bonchev–Trinajstić information content (AvgIpc) is 4.25. The van der Waals surface area contributed by atoms with E-state index in [1.807, 2.05) is 24.4 Å². The van der Waals surface area contributed by atoms with Gasteiger partial charge in [-0.05, 0) is 168 Å². The van der Waals surface area contributed by atoms with Crippen LogP contribution in [0.25, 0.3) is 21.1 Å². The number of aryl methyl sites for hydroxylation is 3. The highest BCUT2D eigenvalue weighted by molar-refractivity contribution is 7.18. The van der Waals surface area contributed by atoms with Crippen molar-refractivity contribution >= 4 is 49.6 Å². The Morgan fingerprint density at radius 1 is 0.521 bits per heavy atom. The fourth-order valence-electron chi connectivity index (χ4n) is 9.49. The van der Waals surface area contributed by atoms with Gasteiger partial charge >= 0.3 is 0 Å². The minimum Gasteiger partial charge on any atom is -0.454 e. The molecule has 8 heteroatoms. The molecule has 2 aromatic heterocycles. The standard InChI is InChI=1S/C12H16.C11H13NS.C11H17N.C11H13N.C10H12N2.C10H12O2/c1-9(2)11-7-6-10-4-3-5-12(10)8-11;1-7(2)9-4-5-11-10(6-9)12-8(3)13-11;2*1-8(2)11-7-9-5-3-4-6-10(9)12-11;1-7(2)8-3-4-9-6-11-12-10(9)5-8;1-7(2)8-3-4-9-10(5-8)12-6-11-9/h6-9H,3-5H2,1-2H3;4-7H,1-3H3;8H,3-7H2,1-2H3;3-6,8H,7H2,1-2H3;3-7H,1-2H3,(H,11,12);3-5,7H,6H2,1-2H3. The number of benzene rings is 5. The van der Waals surface area contributed by atoms with E-state index in [0.717, 1.165) is 34.0 Å². The van der Waals surface area contributed by atoms with Gasteiger partial charge < -0.3 is 9.47 Å². The third-order valence-corrected chi connectivity index (χ3v) is 15.3. The molecule has 0 saturated carbocycles. The monoisotopic (exact) mass is 998 g/mol. The van der Waals surface area contributed by atoms with Crippen LogP contribution in [0.3, 0.4) is 0 Å². The van der Waals surface area contributed by atoms with Gasteiger partial charge in [0.15, 0.2) is 11.5 Å². The molecular formula is C65H83N5O2S. The maximum Gasteiger partial charge on any atom is 0.231 e. The first-order chi connectivity index (χ1) is 35.0. The molecule has 5 aromatic carbocycles. The van der Waals surface area contributed by atoms with Crippen molar-refractivity contribution in [2.75, 3.05) is 6.79 Å². The molecule has 5 heterocycles. The van der Waals surface area contributed by atoms with Gasteiger partial charge in [-0.15, -0.1) is 11.3 Å². The predicted octanol–water partition coefficient (Wildman–Crippen LogP) is 18.5. The van der Waals surface area contributed by atoms with Crippen molar-refractivity contribution in [1.29, 1.82) is 0 Å². The summed E-state index contributed by atoms with van der Waals surface area (Å²) in [6.07, 6.45) is 13.3. The average molecular weight is 998 g/mol. The molecule has 0 amide bonds. The van der Waals surface area contributed by atoms with E-state index >= 15 is 0 Å². The quantitative estimate of drug-likeness (QED) is 0.180. The van der Waals surface area contributed by atoms with Gasteiger partial charge in [0.1, 0.15) is 0 Å². The highest BCUT2D eigenvalue weighted by Gasteiger charge is 2.22. The number of ether oxygens (including phenoxy) is 2. The molecule has 7 aromatic rings. The van der Waals surface area contributed by atoms with Crippen molar-refractivity contribution in [2.45, 2.75) is 171 Å². The minimum atomic E-state index is 0.358. The normalized spacial score (nSPS) is 14.9. The second-order valence-corrected chi connectivity index (χ2v) is 23.3. The third kappa shape index (κ3) is 15.1. The fourth-order valence-corrected chi connectivity index (χ4v) is 10.3. The zero-order valence-electron chi connectivity index (χ0n) is 46.4. The van der Waals surface area contributed by atoms with Gasteiger partial charge in [0.2, 0.25) is 6.79 Å². The van der Waals surface area contributed by atoms with E-state index in [1.54, 1.807) is 28.0 Å². The Hall–Kier alpha value is -5.86. The van der Waals surface area contributed by atoms with Crippen LogP contribution in [0.1, 0.15) is 189 Å². The Kier molecular flexibility index (Phi) is 19.5. The van der Waals surface area contributed by atoms with Gasteiger partial charge in [0.05, 0.1) is 32.6 Å². The predicted molar refractivity (Wildman–Crippen MR) is 312 cm³/mol. The van der Waals surface area contributed by atoms with Gasteiger partial charge in [0.25, 0.3) is 0 Å². The van der Waals surface area contributed by atoms with E-state index in [9.17, 15) is 0 Å². The Balaban J connectivity index is 0.000000128. The van der Waals surface area contributed by atoms with E-state index in [1.165, 1.54) is 112 Å². The molecule has 0 fully saturated rings. The van der Waals surface area contributed by atoms with E-state index in [-0.39, 0.29) is 0 Å². The first-order valence-electron chi connectivity index (χ1n) is 27.3. The second kappa shape index (κ2) is 25.9. The van der Waals surface area contributed by atoms with Crippen LogP contribution < -0.4 is 9.47 Å². The fraction of sp³-hybridized carbons (Fsp3) is 0.446. The van der Waals surface area contributed by atoms with Crippen LogP contribution in [0.2, 0.25) is 0 Å². The van der Waals surface area contributed by atoms with Gasteiger partial charge in [0, 0.05) is 35.3 Å². The lowest BCUT2D eigenvalue weighted by atomic mass is 9.93. The van der Waals surface area contributed by atoms with Crippen LogP contribution in [0.5, 0.6) is 11.5 Å². The first kappa shape index (κ1) is 54.9. The van der Waals surface area contributed by atoms with Crippen LogP contribution in [0.15, 0.2) is 125 Å². The van der Waals surface area contributed by atoms with E-state index in [0.29, 0.717) is 42.3 Å². The number of thiazole rings is 1. The largest absolute Gasteiger partial charge is 0.454 e. The highest BCUT2D eigenvalue weighted by Crippen LogP contribution is 2.36. The molecule has 0 unspecified atom stereocenters. The van der Waals surface area contributed by atoms with Crippen molar-refractivity contribution < 1.29 is 9.47 Å². The molecule has 0 saturated heterocycles. The minimum absolute atomic E-state index is 0.358. The van der Waals surface area contributed by atoms with Crippen molar-refractivity contribution in [1.82, 2.24) is 15.2 Å². The zero-order valence-corrected chi connectivity index (χ0v) is 47.2. The van der Waals surface area contributed by atoms with Crippen molar-refractivity contribution in [2.24, 2.45) is 21.8 Å². The molecule has 5 aliphatic rings. The van der Waals surface area contributed by atoms with Crippen LogP contribution in [-0.2, 0) is 19.3 Å². The topological polar surface area (TPSA) is 84.8 Å². The summed E-state index contributed by atoms with van der Waals surface area (Å²) in [4.78, 5) is 13.7. The number of aromatic amines is 1. The lowest BCUT2D eigenvalue weighted by molar-refractivity contribution is 0.174. The molecule has 386 valence electrons. The number of hydrogen-bond donors (Lipinski definition) is 1. The molecule has 0 radical (unpaired) electrons. The van der Waals surface area contributed by atoms with Gasteiger partial charge in [-0.1, -0.05) is 144 Å². The van der Waals surface area contributed by atoms with Gasteiger partial charge in [-0.3, -0.25) is 15.1 Å². The van der Waals surface area contributed by atoms with Crippen LogP contribution >= 0.6 is 11.3 Å². The summed E-state index contributed by atoms with van der Waals surface area (Å²) >= 11 is 1.76. The molecule has 3 aliphatic heterocycles. The summed E-state index contributed by atoms with van der Waals surface area (Å²) in [6.45, 7) is 29.0. The number of nitrogens with one attached hydrogen (secondary N) is 1. The molecule has 12 rings (SSSR count). The Bertz CT molecular complexity index is 2960. The maximum atomic E-state index is 5.27. The number of H-pyrrole nitrogens is 1. The summed E-state index contributed by atoms with van der Waals surface area (Å²) in [5, 5.41) is 9.27. The molecular weight excluding hydrogens is 915 g/mol. The smallest absolute Gasteiger partial charge is 0.231 e. The van der Waals surface area contributed by atoms with Crippen LogP contribution in [0, 0.1) is 18.8 Å². The maximum absolute atomic E-state index is 5.27. The molecule has 2 aliphatic carbocycles. The van der Waals surface area contributed by atoms with Crippen LogP contribution in [-0.4, -0.2) is 33.4 Å². The van der Waals surface area contributed by atoms with E-state index in [4.69, 9.17) is 14.5 Å². The summed E-state index contributed by atoms with van der Waals surface area (Å²) < 4.78 is 11.8. The van der Waals surface area contributed by atoms with Gasteiger partial charge in [-0.25, -0.2) is 4.98 Å². The van der Waals surface area contributed by atoms with Gasteiger partial charge in [-0.2, -0.15) is 5.10 Å². The molecule has 0 spiro atoms. The number of hydrogen-bond acceptors (Lipinski definition) is 7. The number of fused-ring (bicyclic) bond motifs is 5. The Morgan fingerprint density at radius 2 is 1.14 bits per heavy atom. The number of para-hydroxylation sites is 1. The Morgan fingerprint density at radius 3 is 1.85 bits per heavy atom. The summed E-state index contributed by atoms with van der Waals surface area (Å²) in [5.41, 5.74) is 19.3. The van der Waals surface area contributed by atoms with Crippen LogP contribution in [0.4, 0.5) is 5.69 Å². The molecule has 0 atom stereocenters. The SMILES string of the molecule is CC(C)C1=NC2=C(CCCC2)C1.CC(C)C1=Nc2ccccc2C1.CC(C)c1ccc2c(c1)CCC2.CC(C)c1ccc2c(c1)OCO2.CC(C)c1ccc2cn[nH]c2c1.Cc1nc2cc(C(C)C)ccc2s1. The summed E-state index contributed by atoms with van der Waals surface area (Å²) in [5.74, 6) is 5.35. The Labute approximate surface area is 442 Å². The lowest BCUT2D eigenvalue weighted by Gasteiger charge is -2.11. The van der Waals surface area contributed by atoms with E-state index < -0.39 is 0 Å². The zero-order chi connectivity index (χ0) is 52.2. The molecule has 73 heavy (non-hydrogen) atoms. The molecule has 1 N–H and O–H groups in total. The molecule has 0 bridgehead atoms. The van der Waals surface area contributed by atoms with Crippen molar-refractivity contribution in [3.8, 4) is 11.5 Å². The third-order valence-electron chi connectivity index (χ3n) is 14.4.